The van der Waals surface area contributed by atoms with Gasteiger partial charge in [0.2, 0.25) is 0 Å². The zero-order chi connectivity index (χ0) is 20.9. The summed E-state index contributed by atoms with van der Waals surface area (Å²) in [6.45, 7) is 5.02. The van der Waals surface area contributed by atoms with Crippen LogP contribution in [-0.2, 0) is 14.3 Å². The minimum atomic E-state index is -0.752. The summed E-state index contributed by atoms with van der Waals surface area (Å²) in [7, 11) is 0. The third-order valence-electron chi connectivity index (χ3n) is 4.90. The van der Waals surface area contributed by atoms with Crippen LogP contribution in [0.4, 0.5) is 0 Å². The summed E-state index contributed by atoms with van der Waals surface area (Å²) >= 11 is 0. The second-order valence-electron chi connectivity index (χ2n) is 7.57. The van der Waals surface area contributed by atoms with Crippen LogP contribution in [0, 0.1) is 0 Å². The normalized spacial score (nSPS) is 11.1. The van der Waals surface area contributed by atoms with E-state index in [0.717, 1.165) is 45.2 Å². The highest BCUT2D eigenvalue weighted by Gasteiger charge is 2.08. The molecule has 0 aliphatic carbocycles. The largest absolute Gasteiger partial charge is 0.481 e. The van der Waals surface area contributed by atoms with E-state index in [1.807, 2.05) is 0 Å². The Bertz CT molecular complexity index is 376. The number of ether oxygens (including phenoxy) is 1. The van der Waals surface area contributed by atoms with Crippen molar-refractivity contribution in [3.63, 3.8) is 0 Å². The molecule has 0 radical (unpaired) electrons. The van der Waals surface area contributed by atoms with Gasteiger partial charge in [0.15, 0.2) is 0 Å². The maximum Gasteiger partial charge on any atom is 0.305 e. The van der Waals surface area contributed by atoms with Gasteiger partial charge in [-0.25, -0.2) is 0 Å². The van der Waals surface area contributed by atoms with Gasteiger partial charge < -0.3 is 19.8 Å². The van der Waals surface area contributed by atoms with Gasteiger partial charge >= 0.3 is 11.9 Å². The van der Waals surface area contributed by atoms with E-state index in [-0.39, 0.29) is 19.0 Å². The van der Waals surface area contributed by atoms with Gasteiger partial charge in [0.25, 0.3) is 0 Å². The lowest BCUT2D eigenvalue weighted by Crippen LogP contribution is -2.29. The maximum atomic E-state index is 11.8. The second kappa shape index (κ2) is 20.6. The zero-order valence-corrected chi connectivity index (χ0v) is 18.0. The van der Waals surface area contributed by atoms with E-state index in [4.69, 9.17) is 14.9 Å². The fourth-order valence-electron chi connectivity index (χ4n) is 3.21. The molecule has 0 rings (SSSR count). The molecule has 0 aliphatic heterocycles. The minimum absolute atomic E-state index is 0.0953. The number of rotatable bonds is 21. The number of hydrogen-bond donors (Lipinski definition) is 2. The quantitative estimate of drug-likeness (QED) is 0.219. The van der Waals surface area contributed by atoms with Crippen molar-refractivity contribution in [1.82, 2.24) is 4.90 Å². The van der Waals surface area contributed by atoms with Crippen molar-refractivity contribution < 1.29 is 24.5 Å². The standard InChI is InChI=1S/C22H43NO5/c1-2-3-4-5-6-7-8-12-20-28-22(27)15-13-17-23(18-19-24)16-11-9-10-14-21(25)26/h24H,2-20H2,1H3,(H,25,26). The first-order valence-corrected chi connectivity index (χ1v) is 11.3. The number of carbonyl (C=O) groups is 2. The fourth-order valence-corrected chi connectivity index (χ4v) is 3.21. The van der Waals surface area contributed by atoms with Gasteiger partial charge in [0, 0.05) is 19.4 Å². The average molecular weight is 402 g/mol. The van der Waals surface area contributed by atoms with E-state index < -0.39 is 5.97 Å². The Morgan fingerprint density at radius 3 is 2.00 bits per heavy atom. The molecule has 0 unspecified atom stereocenters. The first-order chi connectivity index (χ1) is 13.6. The second-order valence-corrected chi connectivity index (χ2v) is 7.57. The van der Waals surface area contributed by atoms with Gasteiger partial charge in [-0.3, -0.25) is 9.59 Å². The van der Waals surface area contributed by atoms with Gasteiger partial charge in [-0.2, -0.15) is 0 Å². The van der Waals surface area contributed by atoms with Crippen molar-refractivity contribution in [3.05, 3.63) is 0 Å². The Morgan fingerprint density at radius 1 is 0.750 bits per heavy atom. The van der Waals surface area contributed by atoms with Crippen LogP contribution in [-0.4, -0.2) is 59.9 Å². The highest BCUT2D eigenvalue weighted by Crippen LogP contribution is 2.09. The van der Waals surface area contributed by atoms with Crippen molar-refractivity contribution in [2.45, 2.75) is 96.8 Å². The van der Waals surface area contributed by atoms with Crippen LogP contribution in [0.2, 0.25) is 0 Å². The van der Waals surface area contributed by atoms with E-state index in [0.29, 0.717) is 26.0 Å². The summed E-state index contributed by atoms with van der Waals surface area (Å²) in [4.78, 5) is 24.4. The number of nitrogens with zero attached hydrogens (tertiary/aromatic N) is 1. The van der Waals surface area contributed by atoms with Crippen molar-refractivity contribution in [1.29, 1.82) is 0 Å². The van der Waals surface area contributed by atoms with Crippen LogP contribution in [0.3, 0.4) is 0 Å². The number of aliphatic carboxylic acids is 1. The molecule has 0 atom stereocenters. The van der Waals surface area contributed by atoms with E-state index in [2.05, 4.69) is 11.8 Å². The zero-order valence-electron chi connectivity index (χ0n) is 18.0. The van der Waals surface area contributed by atoms with Crippen molar-refractivity contribution in [3.8, 4) is 0 Å². The monoisotopic (exact) mass is 401 g/mol. The van der Waals surface area contributed by atoms with Crippen LogP contribution < -0.4 is 0 Å². The predicted octanol–water partition coefficient (Wildman–Crippen LogP) is 4.39. The van der Waals surface area contributed by atoms with E-state index in [1.54, 1.807) is 0 Å². The summed E-state index contributed by atoms with van der Waals surface area (Å²) < 4.78 is 5.30. The lowest BCUT2D eigenvalue weighted by molar-refractivity contribution is -0.144. The first-order valence-electron chi connectivity index (χ1n) is 11.3. The molecular formula is C22H43NO5. The third-order valence-corrected chi connectivity index (χ3v) is 4.90. The lowest BCUT2D eigenvalue weighted by Gasteiger charge is -2.20. The minimum Gasteiger partial charge on any atom is -0.481 e. The summed E-state index contributed by atoms with van der Waals surface area (Å²) in [6, 6.07) is 0. The molecule has 166 valence electrons. The molecule has 28 heavy (non-hydrogen) atoms. The molecule has 0 saturated carbocycles. The smallest absolute Gasteiger partial charge is 0.305 e. The highest BCUT2D eigenvalue weighted by molar-refractivity contribution is 5.69. The molecule has 6 nitrogen and oxygen atoms in total. The van der Waals surface area contributed by atoms with Crippen LogP contribution >= 0.6 is 0 Å². The fraction of sp³-hybridized carbons (Fsp3) is 0.909. The van der Waals surface area contributed by atoms with Crippen LogP contribution in [0.1, 0.15) is 96.8 Å². The van der Waals surface area contributed by atoms with Gasteiger partial charge in [0.1, 0.15) is 0 Å². The van der Waals surface area contributed by atoms with Gasteiger partial charge in [-0.1, -0.05) is 58.3 Å². The molecule has 0 bridgehead atoms. The predicted molar refractivity (Wildman–Crippen MR) is 112 cm³/mol. The Balaban J connectivity index is 3.59. The van der Waals surface area contributed by atoms with E-state index in [9.17, 15) is 9.59 Å². The molecule has 0 aromatic rings. The number of carboxylic acids is 1. The summed E-state index contributed by atoms with van der Waals surface area (Å²) in [5.41, 5.74) is 0. The summed E-state index contributed by atoms with van der Waals surface area (Å²) in [5, 5.41) is 17.8. The Kier molecular flexibility index (Phi) is 19.8. The summed E-state index contributed by atoms with van der Waals surface area (Å²) in [6.07, 6.45) is 13.7. The molecule has 0 aromatic carbocycles. The summed E-state index contributed by atoms with van der Waals surface area (Å²) in [5.74, 6) is -0.883. The molecule has 0 heterocycles. The SMILES string of the molecule is CCCCCCCCCCOC(=O)CCCN(CCO)CCCCCC(=O)O. The van der Waals surface area contributed by atoms with Gasteiger partial charge in [0.05, 0.1) is 13.2 Å². The molecule has 0 aromatic heterocycles. The van der Waals surface area contributed by atoms with Crippen molar-refractivity contribution in [2.24, 2.45) is 0 Å². The van der Waals surface area contributed by atoms with Gasteiger partial charge in [-0.15, -0.1) is 0 Å². The molecule has 6 heteroatoms. The lowest BCUT2D eigenvalue weighted by atomic mass is 10.1. The van der Waals surface area contributed by atoms with Gasteiger partial charge in [-0.05, 0) is 38.8 Å². The first kappa shape index (κ1) is 26.9. The maximum absolute atomic E-state index is 11.8. The molecule has 0 aliphatic rings. The third kappa shape index (κ3) is 19.6. The molecule has 0 spiro atoms. The number of esters is 1. The number of aliphatic hydroxyl groups is 1. The Labute approximate surface area is 171 Å². The Hall–Kier alpha value is -1.14. The number of aliphatic hydroxyl groups excluding tert-OH is 1. The average Bonchev–Trinajstić information content (AvgIpc) is 2.66. The van der Waals surface area contributed by atoms with E-state index >= 15 is 0 Å². The highest BCUT2D eigenvalue weighted by atomic mass is 16.5. The molecule has 0 fully saturated rings. The van der Waals surface area contributed by atoms with Crippen molar-refractivity contribution in [2.75, 3.05) is 32.8 Å². The van der Waals surface area contributed by atoms with Crippen LogP contribution in [0.5, 0.6) is 0 Å². The number of carboxylic acid groups (broad SMARTS) is 1. The molecule has 0 amide bonds. The number of carbonyl (C=O) groups excluding carboxylic acids is 1. The number of unbranched alkanes of at least 4 members (excludes halogenated alkanes) is 9. The van der Waals surface area contributed by atoms with E-state index in [1.165, 1.54) is 38.5 Å². The Morgan fingerprint density at radius 2 is 1.36 bits per heavy atom. The molecule has 2 N–H and O–H groups in total. The molecular weight excluding hydrogens is 358 g/mol. The van der Waals surface area contributed by atoms with Crippen LogP contribution in [0.15, 0.2) is 0 Å². The topological polar surface area (TPSA) is 87.1 Å². The van der Waals surface area contributed by atoms with Crippen molar-refractivity contribution >= 4 is 11.9 Å². The van der Waals surface area contributed by atoms with Crippen LogP contribution in [0.25, 0.3) is 0 Å². The number of hydrogen-bond acceptors (Lipinski definition) is 5. The molecule has 0 saturated heterocycles.